The fourth-order valence-electron chi connectivity index (χ4n) is 4.29. The molecule has 6 nitrogen and oxygen atoms in total. The van der Waals surface area contributed by atoms with Gasteiger partial charge in [0.1, 0.15) is 12.2 Å². The van der Waals surface area contributed by atoms with Crippen molar-refractivity contribution in [1.82, 2.24) is 5.32 Å². The van der Waals surface area contributed by atoms with Crippen LogP contribution in [0.3, 0.4) is 0 Å². The highest BCUT2D eigenvalue weighted by atomic mass is 16.5. The number of para-hydroxylation sites is 1. The second kappa shape index (κ2) is 11.7. The van der Waals surface area contributed by atoms with Crippen LogP contribution in [0.5, 0.6) is 23.0 Å². The van der Waals surface area contributed by atoms with Gasteiger partial charge >= 0.3 is 0 Å². The van der Waals surface area contributed by atoms with Gasteiger partial charge in [0, 0.05) is 24.6 Å². The average molecular weight is 488 g/mol. The van der Waals surface area contributed by atoms with Crippen molar-refractivity contribution >= 4 is 5.91 Å². The average Bonchev–Trinajstić information content (AvgIpc) is 3.35. The van der Waals surface area contributed by atoms with Gasteiger partial charge in [0.25, 0.3) is 0 Å². The minimum absolute atomic E-state index is 0.103. The van der Waals surface area contributed by atoms with E-state index >= 15 is 0 Å². The van der Waals surface area contributed by atoms with E-state index in [0.717, 1.165) is 33.8 Å². The van der Waals surface area contributed by atoms with Gasteiger partial charge in [-0.2, -0.15) is 0 Å². The molecule has 0 aromatic heterocycles. The number of ether oxygens (including phenoxy) is 4. The molecule has 4 rings (SSSR count). The van der Waals surface area contributed by atoms with Crippen molar-refractivity contribution in [3.63, 3.8) is 0 Å². The number of carbonyl (C=O) groups is 1. The Morgan fingerprint density at radius 2 is 1.81 bits per heavy atom. The Balaban J connectivity index is 1.33. The Kier molecular flexibility index (Phi) is 8.16. The Morgan fingerprint density at radius 1 is 1.03 bits per heavy atom. The predicted molar refractivity (Wildman–Crippen MR) is 140 cm³/mol. The summed E-state index contributed by atoms with van der Waals surface area (Å²) in [5.74, 6) is 2.70. The predicted octanol–water partition coefficient (Wildman–Crippen LogP) is 5.45. The summed E-state index contributed by atoms with van der Waals surface area (Å²) in [7, 11) is 3.22. The van der Waals surface area contributed by atoms with Gasteiger partial charge in [0.05, 0.1) is 14.2 Å². The number of rotatable bonds is 10. The van der Waals surface area contributed by atoms with Gasteiger partial charge in [-0.05, 0) is 55.2 Å². The molecule has 0 spiro atoms. The lowest BCUT2D eigenvalue weighted by Gasteiger charge is -2.18. The monoisotopic (exact) mass is 487 g/mol. The molecule has 6 heteroatoms. The molecule has 0 saturated carbocycles. The maximum atomic E-state index is 12.6. The van der Waals surface area contributed by atoms with E-state index in [9.17, 15) is 4.79 Å². The second-order valence-corrected chi connectivity index (χ2v) is 8.84. The molecule has 1 aliphatic heterocycles. The van der Waals surface area contributed by atoms with Crippen LogP contribution in [0.1, 0.15) is 36.6 Å². The summed E-state index contributed by atoms with van der Waals surface area (Å²) in [5, 5.41) is 2.96. The molecule has 1 aliphatic rings. The summed E-state index contributed by atoms with van der Waals surface area (Å²) in [6.45, 7) is 4.47. The first-order valence-corrected chi connectivity index (χ1v) is 12.2. The number of methoxy groups -OCH3 is 2. The first-order chi connectivity index (χ1) is 17.5. The first-order valence-electron chi connectivity index (χ1n) is 12.2. The van der Waals surface area contributed by atoms with E-state index in [1.807, 2.05) is 80.6 Å². The third-order valence-corrected chi connectivity index (χ3v) is 6.33. The quantitative estimate of drug-likeness (QED) is 0.385. The third-order valence-electron chi connectivity index (χ3n) is 6.33. The standard InChI is InChI=1S/C30H33NO5/c1-20(17-29(32)31-16-15-22-13-14-25(33-3)28(18-22)34-4)27-19-24-11-8-12-26(30(24)36-27)35-21(2)23-9-6-5-7-10-23/h5-14,17-18,21,27H,15-16,19H2,1-4H3,(H,31,32)/b20-17-. The fraction of sp³-hybridized carbons (Fsp3) is 0.300. The number of hydrogen-bond donors (Lipinski definition) is 1. The Hall–Kier alpha value is -3.93. The summed E-state index contributed by atoms with van der Waals surface area (Å²) < 4.78 is 23.1. The van der Waals surface area contributed by atoms with Gasteiger partial charge in [0.2, 0.25) is 5.91 Å². The fourth-order valence-corrected chi connectivity index (χ4v) is 4.29. The largest absolute Gasteiger partial charge is 0.493 e. The lowest BCUT2D eigenvalue weighted by molar-refractivity contribution is -0.116. The minimum atomic E-state index is -0.201. The van der Waals surface area contributed by atoms with E-state index < -0.39 is 0 Å². The van der Waals surface area contributed by atoms with Gasteiger partial charge < -0.3 is 24.3 Å². The number of carbonyl (C=O) groups excluding carboxylic acids is 1. The second-order valence-electron chi connectivity index (χ2n) is 8.84. The summed E-state index contributed by atoms with van der Waals surface area (Å²) in [5.41, 5.74) is 4.11. The van der Waals surface area contributed by atoms with Crippen LogP contribution in [0.2, 0.25) is 0 Å². The molecule has 2 atom stereocenters. The summed E-state index contributed by atoms with van der Waals surface area (Å²) in [4.78, 5) is 12.6. The van der Waals surface area contributed by atoms with Gasteiger partial charge in [-0.25, -0.2) is 0 Å². The zero-order chi connectivity index (χ0) is 25.5. The molecule has 0 radical (unpaired) electrons. The van der Waals surface area contributed by atoms with E-state index in [1.54, 1.807) is 20.3 Å². The molecule has 2 unspecified atom stereocenters. The molecule has 1 heterocycles. The lowest BCUT2D eigenvalue weighted by Crippen LogP contribution is -2.25. The van der Waals surface area contributed by atoms with E-state index in [-0.39, 0.29) is 18.1 Å². The van der Waals surface area contributed by atoms with Crippen molar-refractivity contribution in [3.05, 3.63) is 95.1 Å². The van der Waals surface area contributed by atoms with Crippen molar-refractivity contribution < 1.29 is 23.7 Å². The highest BCUT2D eigenvalue weighted by Crippen LogP contribution is 2.41. The van der Waals surface area contributed by atoms with Crippen LogP contribution in [-0.2, 0) is 17.6 Å². The molecule has 1 N–H and O–H groups in total. The minimum Gasteiger partial charge on any atom is -0.493 e. The van der Waals surface area contributed by atoms with Gasteiger partial charge in [-0.15, -0.1) is 0 Å². The SMILES string of the molecule is COc1ccc(CCNC(=O)/C=C(/C)C2Cc3cccc(OC(C)c4ccccc4)c3O2)cc1OC. The third kappa shape index (κ3) is 6.00. The zero-order valence-electron chi connectivity index (χ0n) is 21.2. The van der Waals surface area contributed by atoms with E-state index in [1.165, 1.54) is 0 Å². The van der Waals surface area contributed by atoms with Crippen molar-refractivity contribution in [2.45, 2.75) is 38.9 Å². The molecule has 3 aromatic rings. The maximum Gasteiger partial charge on any atom is 0.244 e. The van der Waals surface area contributed by atoms with Crippen LogP contribution in [0.15, 0.2) is 78.4 Å². The maximum absolute atomic E-state index is 12.6. The van der Waals surface area contributed by atoms with Crippen LogP contribution in [0, 0.1) is 0 Å². The lowest BCUT2D eigenvalue weighted by atomic mass is 10.0. The molecular formula is C30H33NO5. The van der Waals surface area contributed by atoms with Gasteiger partial charge in [0.15, 0.2) is 23.0 Å². The van der Waals surface area contributed by atoms with Gasteiger partial charge in [-0.3, -0.25) is 4.79 Å². The first kappa shape index (κ1) is 25.2. The summed E-state index contributed by atoms with van der Waals surface area (Å²) in [6.07, 6.45) is 2.71. The number of amides is 1. The van der Waals surface area contributed by atoms with Crippen LogP contribution < -0.4 is 24.3 Å². The molecule has 0 bridgehead atoms. The molecule has 36 heavy (non-hydrogen) atoms. The molecule has 0 aliphatic carbocycles. The zero-order valence-corrected chi connectivity index (χ0v) is 21.2. The topological polar surface area (TPSA) is 66.0 Å². The summed E-state index contributed by atoms with van der Waals surface area (Å²) >= 11 is 0. The Labute approximate surface area is 212 Å². The van der Waals surface area contributed by atoms with Crippen molar-refractivity contribution in [3.8, 4) is 23.0 Å². The highest BCUT2D eigenvalue weighted by Gasteiger charge is 2.28. The number of fused-ring (bicyclic) bond motifs is 1. The molecular weight excluding hydrogens is 454 g/mol. The molecule has 0 saturated heterocycles. The van der Waals surface area contributed by atoms with Crippen molar-refractivity contribution in [1.29, 1.82) is 0 Å². The number of hydrogen-bond acceptors (Lipinski definition) is 5. The molecule has 188 valence electrons. The molecule has 0 fully saturated rings. The van der Waals surface area contributed by atoms with Crippen LogP contribution in [-0.4, -0.2) is 32.8 Å². The number of benzene rings is 3. The Bertz CT molecular complexity index is 1220. The highest BCUT2D eigenvalue weighted by molar-refractivity contribution is 5.88. The number of nitrogens with one attached hydrogen (secondary N) is 1. The van der Waals surface area contributed by atoms with Crippen LogP contribution in [0.25, 0.3) is 0 Å². The van der Waals surface area contributed by atoms with Gasteiger partial charge in [-0.1, -0.05) is 48.5 Å². The summed E-state index contributed by atoms with van der Waals surface area (Å²) in [6, 6.07) is 21.8. The molecule has 1 amide bonds. The van der Waals surface area contributed by atoms with Crippen molar-refractivity contribution in [2.24, 2.45) is 0 Å². The smallest absolute Gasteiger partial charge is 0.244 e. The van der Waals surface area contributed by atoms with E-state index in [0.29, 0.717) is 30.9 Å². The van der Waals surface area contributed by atoms with E-state index in [4.69, 9.17) is 18.9 Å². The van der Waals surface area contributed by atoms with Crippen LogP contribution >= 0.6 is 0 Å². The normalized spacial score (nSPS) is 15.4. The van der Waals surface area contributed by atoms with Crippen molar-refractivity contribution in [2.75, 3.05) is 20.8 Å². The van der Waals surface area contributed by atoms with E-state index in [2.05, 4.69) is 5.32 Å². The van der Waals surface area contributed by atoms with Crippen LogP contribution in [0.4, 0.5) is 0 Å². The Morgan fingerprint density at radius 3 is 2.56 bits per heavy atom. The molecule has 3 aromatic carbocycles.